The van der Waals surface area contributed by atoms with Crippen molar-refractivity contribution in [3.8, 4) is 11.5 Å². The molecule has 0 aliphatic carbocycles. The van der Waals surface area contributed by atoms with Gasteiger partial charge in [0.25, 0.3) is 10.2 Å². The first-order valence-corrected chi connectivity index (χ1v) is 10.4. The van der Waals surface area contributed by atoms with E-state index in [4.69, 9.17) is 14.2 Å². The molecule has 0 unspecified atom stereocenters. The van der Waals surface area contributed by atoms with Crippen LogP contribution in [0.15, 0.2) is 18.2 Å². The summed E-state index contributed by atoms with van der Waals surface area (Å²) in [5.74, 6) is 1.41. The molecular formula is C18H28N2O5S. The average Bonchev–Trinajstić information content (AvgIpc) is 2.85. The monoisotopic (exact) mass is 384 g/mol. The van der Waals surface area contributed by atoms with Crippen LogP contribution in [0, 0.1) is 0 Å². The molecule has 1 saturated heterocycles. The summed E-state index contributed by atoms with van der Waals surface area (Å²) in [7, 11) is -3.54. The molecule has 0 aromatic heterocycles. The largest absolute Gasteiger partial charge is 0.488 e. The van der Waals surface area contributed by atoms with Crippen molar-refractivity contribution in [2.45, 2.75) is 51.9 Å². The minimum atomic E-state index is -3.54. The van der Waals surface area contributed by atoms with Gasteiger partial charge in [0.2, 0.25) is 0 Å². The Morgan fingerprint density at radius 3 is 2.65 bits per heavy atom. The number of hydrogen-bond donors (Lipinski definition) is 1. The molecule has 0 amide bonds. The van der Waals surface area contributed by atoms with Gasteiger partial charge in [-0.15, -0.1) is 0 Å². The van der Waals surface area contributed by atoms with Crippen molar-refractivity contribution in [3.05, 3.63) is 23.8 Å². The van der Waals surface area contributed by atoms with E-state index in [1.807, 2.05) is 45.9 Å². The first-order chi connectivity index (χ1) is 12.2. The Kier molecular flexibility index (Phi) is 5.48. The number of morpholine rings is 1. The molecule has 1 aromatic rings. The molecule has 1 N–H and O–H groups in total. The minimum Gasteiger partial charge on any atom is -0.488 e. The summed E-state index contributed by atoms with van der Waals surface area (Å²) in [6.07, 6.45) is 0.609. The maximum absolute atomic E-state index is 12.4. The number of para-hydroxylation sites is 1. The normalized spacial score (nSPS) is 25.5. The van der Waals surface area contributed by atoms with Crippen LogP contribution in [0.4, 0.5) is 0 Å². The summed E-state index contributed by atoms with van der Waals surface area (Å²) in [6.45, 7) is 8.96. The van der Waals surface area contributed by atoms with E-state index < -0.39 is 10.2 Å². The van der Waals surface area contributed by atoms with Crippen LogP contribution in [0.1, 0.15) is 33.3 Å². The zero-order valence-electron chi connectivity index (χ0n) is 15.8. The number of fused-ring (bicyclic) bond motifs is 1. The van der Waals surface area contributed by atoms with E-state index in [9.17, 15) is 8.42 Å². The molecule has 2 aliphatic rings. The van der Waals surface area contributed by atoms with Gasteiger partial charge in [-0.1, -0.05) is 12.1 Å². The Balaban J connectivity index is 1.53. The zero-order chi connectivity index (χ0) is 18.9. The fourth-order valence-electron chi connectivity index (χ4n) is 3.45. The lowest BCUT2D eigenvalue weighted by Crippen LogP contribution is -2.52. The number of rotatable bonds is 6. The van der Waals surface area contributed by atoms with Gasteiger partial charge in [0, 0.05) is 31.6 Å². The number of hydrogen-bond acceptors (Lipinski definition) is 5. The van der Waals surface area contributed by atoms with Gasteiger partial charge in [0.1, 0.15) is 12.2 Å². The minimum absolute atomic E-state index is 0.112. The van der Waals surface area contributed by atoms with Crippen molar-refractivity contribution in [3.63, 3.8) is 0 Å². The lowest BCUT2D eigenvalue weighted by Gasteiger charge is -2.34. The van der Waals surface area contributed by atoms with Crippen molar-refractivity contribution in [1.29, 1.82) is 0 Å². The van der Waals surface area contributed by atoms with E-state index in [0.717, 1.165) is 17.7 Å². The molecule has 0 saturated carbocycles. The van der Waals surface area contributed by atoms with Gasteiger partial charge in [-0.2, -0.15) is 17.4 Å². The fourth-order valence-corrected chi connectivity index (χ4v) is 4.79. The lowest BCUT2D eigenvalue weighted by molar-refractivity contribution is -0.0444. The third-order valence-corrected chi connectivity index (χ3v) is 5.97. The van der Waals surface area contributed by atoms with Crippen LogP contribution in [-0.4, -0.2) is 56.8 Å². The number of ether oxygens (including phenoxy) is 3. The highest BCUT2D eigenvalue weighted by Gasteiger charge is 2.33. The van der Waals surface area contributed by atoms with Crippen molar-refractivity contribution in [1.82, 2.24) is 9.03 Å². The number of benzene rings is 1. The first kappa shape index (κ1) is 19.4. The van der Waals surface area contributed by atoms with Crippen LogP contribution in [0.5, 0.6) is 11.5 Å². The molecule has 0 spiro atoms. The van der Waals surface area contributed by atoms with E-state index in [1.165, 1.54) is 4.31 Å². The van der Waals surface area contributed by atoms with Crippen LogP contribution >= 0.6 is 0 Å². The molecular weight excluding hydrogens is 356 g/mol. The topological polar surface area (TPSA) is 77.1 Å². The molecule has 2 atom stereocenters. The highest BCUT2D eigenvalue weighted by molar-refractivity contribution is 7.87. The van der Waals surface area contributed by atoms with Gasteiger partial charge in [-0.25, -0.2) is 0 Å². The quantitative estimate of drug-likeness (QED) is 0.756. The third kappa shape index (κ3) is 4.49. The van der Waals surface area contributed by atoms with Crippen LogP contribution in [0.3, 0.4) is 0 Å². The van der Waals surface area contributed by atoms with E-state index >= 15 is 0 Å². The molecule has 146 valence electrons. The highest BCUT2D eigenvalue weighted by Crippen LogP contribution is 2.41. The Hall–Kier alpha value is -1.35. The van der Waals surface area contributed by atoms with Gasteiger partial charge in [0.15, 0.2) is 11.5 Å². The van der Waals surface area contributed by atoms with Crippen LogP contribution in [0.25, 0.3) is 0 Å². The molecule has 0 radical (unpaired) electrons. The molecule has 8 heteroatoms. The first-order valence-electron chi connectivity index (χ1n) is 9.00. The van der Waals surface area contributed by atoms with Crippen molar-refractivity contribution < 1.29 is 22.6 Å². The number of nitrogens with one attached hydrogen (secondary N) is 1. The molecule has 1 aromatic carbocycles. The third-order valence-electron chi connectivity index (χ3n) is 4.43. The lowest BCUT2D eigenvalue weighted by atomic mass is 10.0. The van der Waals surface area contributed by atoms with Crippen molar-refractivity contribution >= 4 is 10.2 Å². The van der Waals surface area contributed by atoms with Crippen LogP contribution in [0.2, 0.25) is 0 Å². The van der Waals surface area contributed by atoms with E-state index in [0.29, 0.717) is 18.8 Å². The van der Waals surface area contributed by atoms with Gasteiger partial charge in [0.05, 0.1) is 12.2 Å². The standard InChI is InChI=1S/C18H28N2O5S/c1-13-11-20(12-14(2)24-13)26(21,22)19-8-9-23-16-7-5-6-15-10-18(3,4)25-17(15)16/h5-7,13-14,19H,8-12H2,1-4H3/t13-,14+. The van der Waals surface area contributed by atoms with Gasteiger partial charge >= 0.3 is 0 Å². The smallest absolute Gasteiger partial charge is 0.279 e. The predicted octanol–water partition coefficient (Wildman–Crippen LogP) is 1.72. The summed E-state index contributed by atoms with van der Waals surface area (Å²) < 4.78 is 46.2. The molecule has 26 heavy (non-hydrogen) atoms. The van der Waals surface area contributed by atoms with Crippen LogP contribution in [-0.2, 0) is 21.4 Å². The molecule has 2 heterocycles. The zero-order valence-corrected chi connectivity index (χ0v) is 16.6. The maximum atomic E-state index is 12.4. The van der Waals surface area contributed by atoms with Gasteiger partial charge in [-0.3, -0.25) is 0 Å². The van der Waals surface area contributed by atoms with Gasteiger partial charge in [-0.05, 0) is 33.8 Å². The predicted molar refractivity (Wildman–Crippen MR) is 98.9 cm³/mol. The molecule has 7 nitrogen and oxygen atoms in total. The van der Waals surface area contributed by atoms with Gasteiger partial charge < -0.3 is 14.2 Å². The Labute approximate surface area is 155 Å². The highest BCUT2D eigenvalue weighted by atomic mass is 32.2. The summed E-state index contributed by atoms with van der Waals surface area (Å²) in [5.41, 5.74) is 0.872. The van der Waals surface area contributed by atoms with Crippen LogP contribution < -0.4 is 14.2 Å². The Morgan fingerprint density at radius 2 is 1.96 bits per heavy atom. The second kappa shape index (κ2) is 7.34. The average molecular weight is 384 g/mol. The second-order valence-electron chi connectivity index (χ2n) is 7.61. The van der Waals surface area contributed by atoms with E-state index in [1.54, 1.807) is 0 Å². The number of nitrogens with zero attached hydrogens (tertiary/aromatic N) is 1. The Morgan fingerprint density at radius 1 is 1.27 bits per heavy atom. The summed E-state index contributed by atoms with van der Waals surface area (Å²) >= 11 is 0. The summed E-state index contributed by atoms with van der Waals surface area (Å²) in [5, 5.41) is 0. The Bertz CT molecular complexity index is 740. The van der Waals surface area contributed by atoms with E-state index in [2.05, 4.69) is 4.72 Å². The molecule has 0 bridgehead atoms. The SMILES string of the molecule is C[C@@H]1CN(S(=O)(=O)NCCOc2cccc3c2OC(C)(C)C3)C[C@H](C)O1. The molecule has 1 fully saturated rings. The summed E-state index contributed by atoms with van der Waals surface area (Å²) in [6, 6.07) is 5.81. The van der Waals surface area contributed by atoms with Crippen molar-refractivity contribution in [2.24, 2.45) is 0 Å². The van der Waals surface area contributed by atoms with Crippen molar-refractivity contribution in [2.75, 3.05) is 26.2 Å². The molecule has 2 aliphatic heterocycles. The second-order valence-corrected chi connectivity index (χ2v) is 9.36. The molecule has 3 rings (SSSR count). The maximum Gasteiger partial charge on any atom is 0.279 e. The fraction of sp³-hybridized carbons (Fsp3) is 0.667. The van der Waals surface area contributed by atoms with E-state index in [-0.39, 0.29) is 31.0 Å². The summed E-state index contributed by atoms with van der Waals surface area (Å²) in [4.78, 5) is 0.